The van der Waals surface area contributed by atoms with E-state index in [0.29, 0.717) is 25.4 Å². The van der Waals surface area contributed by atoms with Gasteiger partial charge in [0.2, 0.25) is 0 Å². The van der Waals surface area contributed by atoms with E-state index in [1.807, 2.05) is 0 Å². The number of β-amino-alcohol motifs (C(OH)–C–C–N with tert-alkyl or cyclic N) is 1. The van der Waals surface area contributed by atoms with E-state index in [1.165, 1.54) is 38.3 Å². The molecule has 1 aromatic heterocycles. The highest BCUT2D eigenvalue weighted by atomic mass is 32.1. The van der Waals surface area contributed by atoms with Crippen molar-refractivity contribution in [3.05, 3.63) is 81.2 Å². The second kappa shape index (κ2) is 12.8. The fraction of sp³-hybridized carbons (Fsp3) is 0.485. The van der Waals surface area contributed by atoms with Crippen molar-refractivity contribution in [2.75, 3.05) is 20.1 Å². The lowest BCUT2D eigenvalue weighted by molar-refractivity contribution is -0.136. The Bertz CT molecular complexity index is 1260. The number of hydrogen-bond donors (Lipinski definition) is 3. The third kappa shape index (κ3) is 8.49. The lowest BCUT2D eigenvalue weighted by Crippen LogP contribution is -2.47. The molecule has 39 heavy (non-hydrogen) atoms. The van der Waals surface area contributed by atoms with Gasteiger partial charge in [-0.2, -0.15) is 0 Å². The van der Waals surface area contributed by atoms with Gasteiger partial charge < -0.3 is 15.5 Å². The van der Waals surface area contributed by atoms with Gasteiger partial charge in [0.05, 0.1) is 12.5 Å². The van der Waals surface area contributed by atoms with Gasteiger partial charge in [-0.15, -0.1) is 11.3 Å². The van der Waals surface area contributed by atoms with Crippen molar-refractivity contribution >= 4 is 17.3 Å². The molecule has 210 valence electrons. The molecule has 0 spiro atoms. The number of fused-ring (bicyclic) bond motifs is 1. The van der Waals surface area contributed by atoms with Gasteiger partial charge >= 0.3 is 5.97 Å². The minimum Gasteiger partial charge on any atom is -0.481 e. The monoisotopic (exact) mass is 548 g/mol. The van der Waals surface area contributed by atoms with Crippen LogP contribution in [0, 0.1) is 19.8 Å². The first-order valence-electron chi connectivity index (χ1n) is 14.1. The van der Waals surface area contributed by atoms with Crippen LogP contribution in [-0.2, 0) is 30.6 Å². The van der Waals surface area contributed by atoms with Gasteiger partial charge in [0.1, 0.15) is 0 Å². The van der Waals surface area contributed by atoms with Crippen LogP contribution in [0.5, 0.6) is 0 Å². The minimum atomic E-state index is -0.760. The number of carboxylic acid groups (broad SMARTS) is 1. The zero-order valence-electron chi connectivity index (χ0n) is 24.1. The van der Waals surface area contributed by atoms with Crippen molar-refractivity contribution in [1.29, 1.82) is 0 Å². The van der Waals surface area contributed by atoms with Crippen LogP contribution in [0.1, 0.15) is 59.4 Å². The first-order chi connectivity index (χ1) is 18.5. The maximum absolute atomic E-state index is 11.0. The van der Waals surface area contributed by atoms with Crippen LogP contribution in [0.2, 0.25) is 0 Å². The molecule has 1 aliphatic carbocycles. The highest BCUT2D eigenvalue weighted by Crippen LogP contribution is 2.35. The van der Waals surface area contributed by atoms with Crippen LogP contribution in [0.4, 0.5) is 0 Å². The average Bonchev–Trinajstić information content (AvgIpc) is 3.42. The van der Waals surface area contributed by atoms with Crippen molar-refractivity contribution in [1.82, 2.24) is 10.2 Å². The normalized spacial score (nSPS) is 14.6. The van der Waals surface area contributed by atoms with Crippen LogP contribution in [0.3, 0.4) is 0 Å². The Kier molecular flexibility index (Phi) is 9.65. The van der Waals surface area contributed by atoms with E-state index in [0.717, 1.165) is 30.7 Å². The van der Waals surface area contributed by atoms with Gasteiger partial charge in [0.25, 0.3) is 0 Å². The predicted molar refractivity (Wildman–Crippen MR) is 162 cm³/mol. The number of carboxylic acids is 1. The summed E-state index contributed by atoms with van der Waals surface area (Å²) in [6.07, 6.45) is 3.68. The number of carbonyl (C=O) groups is 1. The van der Waals surface area contributed by atoms with E-state index >= 15 is 0 Å². The number of likely N-dealkylation sites (N-methyl/N-ethyl adjacent to an activating group) is 1. The first-order valence-corrected chi connectivity index (χ1v) is 14.9. The molecule has 1 atom stereocenters. The number of hydrogen-bond acceptors (Lipinski definition) is 5. The van der Waals surface area contributed by atoms with E-state index in [4.69, 9.17) is 5.11 Å². The van der Waals surface area contributed by atoms with Crippen LogP contribution in [0.25, 0.3) is 10.4 Å². The Morgan fingerprint density at radius 2 is 1.82 bits per heavy atom. The Morgan fingerprint density at radius 3 is 2.49 bits per heavy atom. The molecule has 0 saturated carbocycles. The molecule has 0 radical (unpaired) electrons. The summed E-state index contributed by atoms with van der Waals surface area (Å²) in [5, 5.41) is 23.5. The Morgan fingerprint density at radius 1 is 1.13 bits per heavy atom. The summed E-state index contributed by atoms with van der Waals surface area (Å²) >= 11 is 1.69. The third-order valence-corrected chi connectivity index (χ3v) is 9.03. The molecule has 0 aliphatic heterocycles. The maximum atomic E-state index is 11.0. The number of aliphatic hydroxyl groups excluding tert-OH is 1. The largest absolute Gasteiger partial charge is 0.481 e. The number of aryl methyl sites for hydroxylation is 3. The van der Waals surface area contributed by atoms with E-state index in [1.54, 1.807) is 11.3 Å². The molecule has 0 saturated heterocycles. The fourth-order valence-corrected chi connectivity index (χ4v) is 7.21. The SMILES string of the molecule is Cc1cc(CN(C)C[C@H](O)CNC(C)(C)CC2Cc3ccccc3C2)cc(-c2sc(CCC(=O)O)cc2C)c1. The lowest BCUT2D eigenvalue weighted by Gasteiger charge is -2.31. The second-order valence-electron chi connectivity index (χ2n) is 12.2. The number of thiophene rings is 1. The topological polar surface area (TPSA) is 72.8 Å². The Labute approximate surface area is 237 Å². The van der Waals surface area contributed by atoms with Crippen LogP contribution < -0.4 is 5.32 Å². The van der Waals surface area contributed by atoms with Crippen molar-refractivity contribution in [3.8, 4) is 10.4 Å². The zero-order chi connectivity index (χ0) is 28.2. The third-order valence-electron chi connectivity index (χ3n) is 7.68. The fourth-order valence-electron chi connectivity index (χ4n) is 6.06. The zero-order valence-corrected chi connectivity index (χ0v) is 24.9. The number of nitrogens with one attached hydrogen (secondary N) is 1. The number of nitrogens with zero attached hydrogens (tertiary/aromatic N) is 1. The number of aliphatic carboxylic acids is 1. The highest BCUT2D eigenvalue weighted by molar-refractivity contribution is 7.15. The van der Waals surface area contributed by atoms with Gasteiger partial charge in [-0.1, -0.05) is 42.0 Å². The predicted octanol–water partition coefficient (Wildman–Crippen LogP) is 6.02. The van der Waals surface area contributed by atoms with Gasteiger partial charge in [-0.3, -0.25) is 9.69 Å². The molecule has 5 nitrogen and oxygen atoms in total. The van der Waals surface area contributed by atoms with Gasteiger partial charge in [-0.25, -0.2) is 0 Å². The summed E-state index contributed by atoms with van der Waals surface area (Å²) in [4.78, 5) is 15.5. The van der Waals surface area contributed by atoms with Crippen LogP contribution in [-0.4, -0.2) is 52.9 Å². The molecule has 0 amide bonds. The van der Waals surface area contributed by atoms with E-state index in [-0.39, 0.29) is 12.0 Å². The smallest absolute Gasteiger partial charge is 0.303 e. The molecular formula is C33H44N2O3S. The molecule has 3 aromatic rings. The summed E-state index contributed by atoms with van der Waals surface area (Å²) in [7, 11) is 2.06. The molecule has 4 rings (SSSR count). The van der Waals surface area contributed by atoms with E-state index in [2.05, 4.69) is 93.5 Å². The highest BCUT2D eigenvalue weighted by Gasteiger charge is 2.28. The maximum Gasteiger partial charge on any atom is 0.303 e. The summed E-state index contributed by atoms with van der Waals surface area (Å²) < 4.78 is 0. The van der Waals surface area contributed by atoms with E-state index < -0.39 is 12.1 Å². The lowest BCUT2D eigenvalue weighted by atomic mass is 9.88. The first kappa shape index (κ1) is 29.5. The Hall–Kier alpha value is -2.51. The molecule has 0 unspecified atom stereocenters. The average molecular weight is 549 g/mol. The molecule has 0 fully saturated rings. The molecular weight excluding hydrogens is 504 g/mol. The van der Waals surface area contributed by atoms with Gasteiger partial charge in [-0.05, 0) is 106 Å². The van der Waals surface area contributed by atoms with Crippen molar-refractivity contribution in [2.45, 2.75) is 78.0 Å². The molecule has 1 aliphatic rings. The molecule has 6 heteroatoms. The minimum absolute atomic E-state index is 0.0282. The Balaban J connectivity index is 1.28. The molecule has 1 heterocycles. The van der Waals surface area contributed by atoms with Gasteiger partial charge in [0.15, 0.2) is 0 Å². The summed E-state index contributed by atoms with van der Waals surface area (Å²) in [6, 6.07) is 17.6. The molecule has 3 N–H and O–H groups in total. The van der Waals surface area contributed by atoms with E-state index in [9.17, 15) is 9.90 Å². The summed E-state index contributed by atoms with van der Waals surface area (Å²) in [6.45, 7) is 10.6. The number of aliphatic hydroxyl groups is 1. The van der Waals surface area contributed by atoms with Crippen molar-refractivity contribution in [3.63, 3.8) is 0 Å². The van der Waals surface area contributed by atoms with Crippen LogP contribution in [0.15, 0.2) is 48.5 Å². The number of rotatable bonds is 13. The molecule has 2 aromatic carbocycles. The quantitative estimate of drug-likeness (QED) is 0.244. The van der Waals surface area contributed by atoms with Gasteiger partial charge in [0, 0.05) is 34.9 Å². The molecule has 0 bridgehead atoms. The summed E-state index contributed by atoms with van der Waals surface area (Å²) in [5.74, 6) is -0.107. The number of benzene rings is 2. The second-order valence-corrected chi connectivity index (χ2v) is 13.3. The van der Waals surface area contributed by atoms with Crippen LogP contribution >= 0.6 is 11.3 Å². The summed E-state index contributed by atoms with van der Waals surface area (Å²) in [5.41, 5.74) is 7.75. The van der Waals surface area contributed by atoms with Crippen molar-refractivity contribution in [2.24, 2.45) is 5.92 Å². The van der Waals surface area contributed by atoms with Crippen molar-refractivity contribution < 1.29 is 15.0 Å². The standard InChI is InChI=1S/C33H44N2O3S/c1-22-12-25(17-28(13-22)32-23(2)14-30(39-32)10-11-31(37)38)20-35(5)21-29(36)19-34-33(3,4)18-24-15-26-8-6-7-9-27(26)16-24/h6-9,12-14,17,24,29,34,36H,10-11,15-16,18-21H2,1-5H3,(H,37,38)/t29-/m1/s1.